The van der Waals surface area contributed by atoms with Crippen LogP contribution in [0.5, 0.6) is 0 Å². The van der Waals surface area contributed by atoms with Crippen molar-refractivity contribution in [3.63, 3.8) is 0 Å². The predicted octanol–water partition coefficient (Wildman–Crippen LogP) is 2.05. The van der Waals surface area contributed by atoms with E-state index in [1.165, 1.54) is 0 Å². The van der Waals surface area contributed by atoms with Gasteiger partial charge in [-0.1, -0.05) is 30.4 Å². The van der Waals surface area contributed by atoms with Gasteiger partial charge in [0.25, 0.3) is 5.91 Å². The first-order chi connectivity index (χ1) is 7.77. The van der Waals surface area contributed by atoms with Crippen LogP contribution < -0.4 is 5.32 Å². The van der Waals surface area contributed by atoms with E-state index in [1.807, 2.05) is 35.2 Å². The Morgan fingerprint density at radius 3 is 2.44 bits per heavy atom. The fraction of sp³-hybridized carbons (Fsp3) is 0.333. The Labute approximate surface area is 100 Å². The minimum Gasteiger partial charge on any atom is -0.358 e. The van der Waals surface area contributed by atoms with Gasteiger partial charge in [0.2, 0.25) is 0 Å². The molecule has 0 bridgehead atoms. The quantitative estimate of drug-likeness (QED) is 0.755. The van der Waals surface area contributed by atoms with Crippen LogP contribution in [0.2, 0.25) is 0 Å². The number of para-hydroxylation sites is 1. The van der Waals surface area contributed by atoms with Crippen LogP contribution in [-0.4, -0.2) is 28.9 Å². The van der Waals surface area contributed by atoms with Crippen molar-refractivity contribution in [3.05, 3.63) is 30.3 Å². The van der Waals surface area contributed by atoms with Gasteiger partial charge in [-0.3, -0.25) is 4.79 Å². The molecule has 1 aromatic carbocycles. The number of benzene rings is 1. The molecule has 0 spiro atoms. The monoisotopic (exact) mass is 234 g/mol. The van der Waals surface area contributed by atoms with E-state index in [1.54, 1.807) is 0 Å². The van der Waals surface area contributed by atoms with Crippen LogP contribution in [0.15, 0.2) is 30.3 Å². The van der Waals surface area contributed by atoms with Crippen molar-refractivity contribution in [3.8, 4) is 0 Å². The third kappa shape index (κ3) is 2.58. The van der Waals surface area contributed by atoms with Crippen LogP contribution >= 0.6 is 12.2 Å². The summed E-state index contributed by atoms with van der Waals surface area (Å²) in [6.45, 7) is 1.81. The molecule has 1 fully saturated rings. The average Bonchev–Trinajstić information content (AvgIpc) is 2.83. The molecule has 1 saturated heterocycles. The molecule has 0 radical (unpaired) electrons. The first-order valence-electron chi connectivity index (χ1n) is 5.42. The van der Waals surface area contributed by atoms with E-state index in [0.717, 1.165) is 31.6 Å². The second-order valence-corrected chi connectivity index (χ2v) is 4.21. The van der Waals surface area contributed by atoms with Crippen LogP contribution in [0.4, 0.5) is 5.69 Å². The Hall–Kier alpha value is -1.42. The molecular formula is C12H14N2OS. The molecule has 1 aliphatic heterocycles. The molecule has 0 saturated carbocycles. The molecule has 0 atom stereocenters. The Morgan fingerprint density at radius 2 is 1.81 bits per heavy atom. The molecule has 0 aliphatic carbocycles. The minimum atomic E-state index is -0.178. The van der Waals surface area contributed by atoms with E-state index >= 15 is 0 Å². The molecule has 1 amide bonds. The van der Waals surface area contributed by atoms with E-state index in [-0.39, 0.29) is 5.91 Å². The number of anilines is 1. The molecule has 4 heteroatoms. The SMILES string of the molecule is O=C(Nc1ccccc1)C(=S)N1CCCC1. The summed E-state index contributed by atoms with van der Waals surface area (Å²) in [6.07, 6.45) is 2.25. The molecule has 2 rings (SSSR count). The summed E-state index contributed by atoms with van der Waals surface area (Å²) >= 11 is 5.15. The Bertz CT molecular complexity index is 385. The topological polar surface area (TPSA) is 32.3 Å². The first-order valence-corrected chi connectivity index (χ1v) is 5.83. The van der Waals surface area contributed by atoms with Gasteiger partial charge in [-0.2, -0.15) is 0 Å². The van der Waals surface area contributed by atoms with Crippen LogP contribution in [-0.2, 0) is 4.79 Å². The molecule has 1 aliphatic rings. The summed E-state index contributed by atoms with van der Waals surface area (Å²) in [5.41, 5.74) is 0.786. The maximum Gasteiger partial charge on any atom is 0.283 e. The van der Waals surface area contributed by atoms with Gasteiger partial charge in [0.15, 0.2) is 4.99 Å². The van der Waals surface area contributed by atoms with Crippen LogP contribution in [0.3, 0.4) is 0 Å². The lowest BCUT2D eigenvalue weighted by Gasteiger charge is -2.17. The van der Waals surface area contributed by atoms with Gasteiger partial charge in [0.1, 0.15) is 0 Å². The standard InChI is InChI=1S/C12H14N2OS/c15-11(12(16)14-8-4-5-9-14)13-10-6-2-1-3-7-10/h1-3,6-7H,4-5,8-9H2,(H,13,15). The summed E-state index contributed by atoms with van der Waals surface area (Å²) < 4.78 is 0. The highest BCUT2D eigenvalue weighted by molar-refractivity contribution is 7.82. The zero-order chi connectivity index (χ0) is 11.4. The lowest BCUT2D eigenvalue weighted by Crippen LogP contribution is -2.36. The number of likely N-dealkylation sites (tertiary alicyclic amines) is 1. The van der Waals surface area contributed by atoms with Crippen molar-refractivity contribution in [1.82, 2.24) is 4.90 Å². The lowest BCUT2D eigenvalue weighted by atomic mass is 10.3. The van der Waals surface area contributed by atoms with Gasteiger partial charge in [-0.05, 0) is 25.0 Å². The largest absolute Gasteiger partial charge is 0.358 e. The molecule has 1 heterocycles. The summed E-state index contributed by atoms with van der Waals surface area (Å²) in [6, 6.07) is 9.38. The number of thiocarbonyl (C=S) groups is 1. The minimum absolute atomic E-state index is 0.178. The zero-order valence-corrected chi connectivity index (χ0v) is 9.80. The zero-order valence-electron chi connectivity index (χ0n) is 8.98. The molecule has 0 aromatic heterocycles. The molecule has 1 N–H and O–H groups in total. The van der Waals surface area contributed by atoms with Crippen molar-refractivity contribution in [2.45, 2.75) is 12.8 Å². The fourth-order valence-corrected chi connectivity index (χ4v) is 2.00. The van der Waals surface area contributed by atoms with Gasteiger partial charge in [0, 0.05) is 18.8 Å². The van der Waals surface area contributed by atoms with Crippen molar-refractivity contribution < 1.29 is 4.79 Å². The van der Waals surface area contributed by atoms with E-state index in [0.29, 0.717) is 4.99 Å². The highest BCUT2D eigenvalue weighted by atomic mass is 32.1. The van der Waals surface area contributed by atoms with Gasteiger partial charge in [-0.25, -0.2) is 0 Å². The number of carbonyl (C=O) groups is 1. The first kappa shape index (κ1) is 11.1. The van der Waals surface area contributed by atoms with Crippen LogP contribution in [0.25, 0.3) is 0 Å². The van der Waals surface area contributed by atoms with Crippen molar-refractivity contribution in [1.29, 1.82) is 0 Å². The summed E-state index contributed by atoms with van der Waals surface area (Å²) in [5, 5.41) is 2.80. The Balaban J connectivity index is 1.95. The highest BCUT2D eigenvalue weighted by Gasteiger charge is 2.20. The van der Waals surface area contributed by atoms with E-state index < -0.39 is 0 Å². The number of amides is 1. The third-order valence-corrected chi connectivity index (χ3v) is 3.06. The van der Waals surface area contributed by atoms with E-state index in [2.05, 4.69) is 5.32 Å². The molecule has 84 valence electrons. The predicted molar refractivity (Wildman–Crippen MR) is 68.5 cm³/mol. The lowest BCUT2D eigenvalue weighted by molar-refractivity contribution is -0.110. The molecule has 0 unspecified atom stereocenters. The van der Waals surface area contributed by atoms with Crippen molar-refractivity contribution in [2.75, 3.05) is 18.4 Å². The van der Waals surface area contributed by atoms with E-state index in [4.69, 9.17) is 12.2 Å². The second kappa shape index (κ2) is 5.07. The number of rotatable bonds is 1. The molecular weight excluding hydrogens is 220 g/mol. The number of hydrogen-bond acceptors (Lipinski definition) is 2. The van der Waals surface area contributed by atoms with Crippen molar-refractivity contribution in [2.24, 2.45) is 0 Å². The normalized spacial score (nSPS) is 14.9. The summed E-state index contributed by atoms with van der Waals surface area (Å²) in [5.74, 6) is -0.178. The number of carbonyl (C=O) groups excluding carboxylic acids is 1. The maximum absolute atomic E-state index is 11.8. The maximum atomic E-state index is 11.8. The fourth-order valence-electron chi connectivity index (χ4n) is 1.77. The van der Waals surface area contributed by atoms with Gasteiger partial charge in [0.05, 0.1) is 0 Å². The number of nitrogens with one attached hydrogen (secondary N) is 1. The molecule has 16 heavy (non-hydrogen) atoms. The van der Waals surface area contributed by atoms with Crippen LogP contribution in [0.1, 0.15) is 12.8 Å². The van der Waals surface area contributed by atoms with Gasteiger partial charge in [-0.15, -0.1) is 0 Å². The average molecular weight is 234 g/mol. The van der Waals surface area contributed by atoms with Crippen LogP contribution in [0, 0.1) is 0 Å². The second-order valence-electron chi connectivity index (χ2n) is 3.82. The number of hydrogen-bond donors (Lipinski definition) is 1. The Kier molecular flexibility index (Phi) is 3.51. The number of nitrogens with zero attached hydrogens (tertiary/aromatic N) is 1. The Morgan fingerprint density at radius 1 is 1.19 bits per heavy atom. The highest BCUT2D eigenvalue weighted by Crippen LogP contribution is 2.10. The smallest absolute Gasteiger partial charge is 0.283 e. The molecule has 3 nitrogen and oxygen atoms in total. The van der Waals surface area contributed by atoms with Crippen molar-refractivity contribution >= 4 is 28.8 Å². The third-order valence-electron chi connectivity index (χ3n) is 2.62. The summed E-state index contributed by atoms with van der Waals surface area (Å²) in [7, 11) is 0. The summed E-state index contributed by atoms with van der Waals surface area (Å²) in [4.78, 5) is 14.2. The van der Waals surface area contributed by atoms with Gasteiger partial charge < -0.3 is 10.2 Å². The van der Waals surface area contributed by atoms with Gasteiger partial charge >= 0.3 is 0 Å². The van der Waals surface area contributed by atoms with E-state index in [9.17, 15) is 4.79 Å². The molecule has 1 aromatic rings.